The van der Waals surface area contributed by atoms with Gasteiger partial charge in [0.25, 0.3) is 0 Å². The summed E-state index contributed by atoms with van der Waals surface area (Å²) in [4.78, 5) is 16.4. The second-order valence-corrected chi connectivity index (χ2v) is 7.34. The van der Waals surface area contributed by atoms with E-state index in [1.165, 1.54) is 11.3 Å². The van der Waals surface area contributed by atoms with E-state index in [2.05, 4.69) is 64.8 Å². The van der Waals surface area contributed by atoms with Gasteiger partial charge < -0.3 is 15.1 Å². The summed E-state index contributed by atoms with van der Waals surface area (Å²) in [7, 11) is 4.05. The number of carbonyl (C=O) groups is 1. The lowest BCUT2D eigenvalue weighted by atomic mass is 9.90. The van der Waals surface area contributed by atoms with Crippen molar-refractivity contribution in [3.05, 3.63) is 65.7 Å². The molecule has 1 fully saturated rings. The molecule has 0 spiro atoms. The highest BCUT2D eigenvalue weighted by Gasteiger charge is 2.22. The second-order valence-electron chi connectivity index (χ2n) is 7.34. The zero-order chi connectivity index (χ0) is 18.4. The Morgan fingerprint density at radius 1 is 1.00 bits per heavy atom. The van der Waals surface area contributed by atoms with Crippen LogP contribution in [0, 0.1) is 5.92 Å². The summed E-state index contributed by atoms with van der Waals surface area (Å²) in [5.41, 5.74) is 3.69. The van der Waals surface area contributed by atoms with Crippen molar-refractivity contribution in [2.45, 2.75) is 25.8 Å². The number of urea groups is 1. The van der Waals surface area contributed by atoms with Crippen LogP contribution in [-0.2, 0) is 13.0 Å². The van der Waals surface area contributed by atoms with Gasteiger partial charge in [0.2, 0.25) is 0 Å². The SMILES string of the molecule is CN(C)c1ccc(CNC(=O)N2CCC(Cc3ccccc3)CC2)cc1. The molecule has 0 saturated carbocycles. The molecule has 0 unspecified atom stereocenters. The molecular weight excluding hydrogens is 322 g/mol. The Bertz CT molecular complexity index is 689. The largest absolute Gasteiger partial charge is 0.378 e. The number of anilines is 1. The molecule has 2 aromatic carbocycles. The van der Waals surface area contributed by atoms with E-state index in [0.717, 1.165) is 37.9 Å². The average Bonchev–Trinajstić information content (AvgIpc) is 2.68. The third-order valence-corrected chi connectivity index (χ3v) is 5.17. The molecule has 138 valence electrons. The van der Waals surface area contributed by atoms with Gasteiger partial charge in [0.05, 0.1) is 0 Å². The molecule has 1 saturated heterocycles. The molecule has 1 N–H and O–H groups in total. The first-order valence-electron chi connectivity index (χ1n) is 9.45. The number of hydrogen-bond acceptors (Lipinski definition) is 2. The maximum atomic E-state index is 12.4. The van der Waals surface area contributed by atoms with Crippen LogP contribution in [0.5, 0.6) is 0 Å². The van der Waals surface area contributed by atoms with Gasteiger partial charge in [-0.2, -0.15) is 0 Å². The van der Waals surface area contributed by atoms with Gasteiger partial charge in [-0.05, 0) is 48.4 Å². The quantitative estimate of drug-likeness (QED) is 0.886. The smallest absolute Gasteiger partial charge is 0.317 e. The van der Waals surface area contributed by atoms with Crippen LogP contribution in [0.25, 0.3) is 0 Å². The van der Waals surface area contributed by atoms with Crippen LogP contribution in [0.4, 0.5) is 10.5 Å². The van der Waals surface area contributed by atoms with Crippen LogP contribution < -0.4 is 10.2 Å². The molecule has 1 heterocycles. The fraction of sp³-hybridized carbons (Fsp3) is 0.409. The van der Waals surface area contributed by atoms with Crippen LogP contribution >= 0.6 is 0 Å². The van der Waals surface area contributed by atoms with Gasteiger partial charge in [-0.1, -0.05) is 42.5 Å². The molecule has 4 heteroatoms. The summed E-state index contributed by atoms with van der Waals surface area (Å²) in [5.74, 6) is 0.681. The maximum absolute atomic E-state index is 12.4. The van der Waals surface area contributed by atoms with Gasteiger partial charge in [-0.15, -0.1) is 0 Å². The fourth-order valence-electron chi connectivity index (χ4n) is 3.49. The predicted molar refractivity (Wildman–Crippen MR) is 107 cm³/mol. The molecule has 1 aliphatic rings. The normalized spacial score (nSPS) is 14.9. The topological polar surface area (TPSA) is 35.6 Å². The number of hydrogen-bond donors (Lipinski definition) is 1. The van der Waals surface area contributed by atoms with E-state index in [4.69, 9.17) is 0 Å². The Morgan fingerprint density at radius 3 is 2.27 bits per heavy atom. The highest BCUT2D eigenvalue weighted by Crippen LogP contribution is 2.21. The molecule has 3 rings (SSSR count). The first-order valence-corrected chi connectivity index (χ1v) is 9.45. The van der Waals surface area contributed by atoms with E-state index in [0.29, 0.717) is 12.5 Å². The Balaban J connectivity index is 1.42. The highest BCUT2D eigenvalue weighted by atomic mass is 16.2. The highest BCUT2D eigenvalue weighted by molar-refractivity contribution is 5.74. The van der Waals surface area contributed by atoms with E-state index in [1.54, 1.807) is 0 Å². The van der Waals surface area contributed by atoms with Crippen LogP contribution in [0.1, 0.15) is 24.0 Å². The zero-order valence-electron chi connectivity index (χ0n) is 15.8. The van der Waals surface area contributed by atoms with Crippen molar-refractivity contribution in [2.24, 2.45) is 5.92 Å². The Morgan fingerprint density at radius 2 is 1.65 bits per heavy atom. The third-order valence-electron chi connectivity index (χ3n) is 5.17. The first kappa shape index (κ1) is 18.3. The van der Waals surface area contributed by atoms with Gasteiger partial charge in [0.1, 0.15) is 0 Å². The van der Waals surface area contributed by atoms with Gasteiger partial charge >= 0.3 is 6.03 Å². The van der Waals surface area contributed by atoms with E-state index in [-0.39, 0.29) is 6.03 Å². The predicted octanol–water partition coefficient (Wildman–Crippen LogP) is 3.92. The summed E-state index contributed by atoms with van der Waals surface area (Å²) in [6.45, 7) is 2.28. The summed E-state index contributed by atoms with van der Waals surface area (Å²) in [5, 5.41) is 3.06. The molecule has 1 aliphatic heterocycles. The van der Waals surface area contributed by atoms with Gasteiger partial charge in [-0.3, -0.25) is 0 Å². The fourth-order valence-corrected chi connectivity index (χ4v) is 3.49. The van der Waals surface area contributed by atoms with E-state index >= 15 is 0 Å². The molecule has 0 aliphatic carbocycles. The zero-order valence-corrected chi connectivity index (χ0v) is 15.8. The van der Waals surface area contributed by atoms with Gasteiger partial charge in [0.15, 0.2) is 0 Å². The Kier molecular flexibility index (Phi) is 6.16. The standard InChI is InChI=1S/C22H29N3O/c1-24(2)21-10-8-20(9-11-21)17-23-22(26)25-14-12-19(13-15-25)16-18-6-4-3-5-7-18/h3-11,19H,12-17H2,1-2H3,(H,23,26). The molecular formula is C22H29N3O. The first-order chi connectivity index (χ1) is 12.6. The molecule has 0 aromatic heterocycles. The Hall–Kier alpha value is -2.49. The van der Waals surface area contributed by atoms with Gasteiger partial charge in [-0.25, -0.2) is 4.79 Å². The lowest BCUT2D eigenvalue weighted by Crippen LogP contribution is -2.44. The average molecular weight is 351 g/mol. The second kappa shape index (κ2) is 8.75. The van der Waals surface area contributed by atoms with Crippen LogP contribution in [0.3, 0.4) is 0 Å². The van der Waals surface area contributed by atoms with Gasteiger partial charge in [0, 0.05) is 39.4 Å². The van der Waals surface area contributed by atoms with Crippen LogP contribution in [0.2, 0.25) is 0 Å². The lowest BCUT2D eigenvalue weighted by molar-refractivity contribution is 0.170. The van der Waals surface area contributed by atoms with E-state index in [9.17, 15) is 4.79 Å². The van der Waals surface area contributed by atoms with E-state index in [1.807, 2.05) is 19.0 Å². The minimum atomic E-state index is 0.0554. The monoisotopic (exact) mass is 351 g/mol. The van der Waals surface area contributed by atoms with Crippen molar-refractivity contribution in [3.8, 4) is 0 Å². The molecule has 4 nitrogen and oxygen atoms in total. The van der Waals surface area contributed by atoms with Crippen molar-refractivity contribution in [1.29, 1.82) is 0 Å². The summed E-state index contributed by atoms with van der Waals surface area (Å²) < 4.78 is 0. The van der Waals surface area contributed by atoms with Crippen LogP contribution in [-0.4, -0.2) is 38.1 Å². The number of nitrogens with zero attached hydrogens (tertiary/aromatic N) is 2. The molecule has 2 amide bonds. The number of likely N-dealkylation sites (tertiary alicyclic amines) is 1. The molecule has 0 bridgehead atoms. The number of amides is 2. The van der Waals surface area contributed by atoms with Crippen molar-refractivity contribution in [3.63, 3.8) is 0 Å². The van der Waals surface area contributed by atoms with Crippen molar-refractivity contribution in [2.75, 3.05) is 32.1 Å². The number of piperidine rings is 1. The summed E-state index contributed by atoms with van der Waals surface area (Å²) in [6, 6.07) is 19.0. The maximum Gasteiger partial charge on any atom is 0.317 e. The minimum Gasteiger partial charge on any atom is -0.378 e. The van der Waals surface area contributed by atoms with E-state index < -0.39 is 0 Å². The number of benzene rings is 2. The number of carbonyl (C=O) groups excluding carboxylic acids is 1. The third kappa shape index (κ3) is 5.01. The van der Waals surface area contributed by atoms with Crippen molar-refractivity contribution in [1.82, 2.24) is 10.2 Å². The number of nitrogens with one attached hydrogen (secondary N) is 1. The summed E-state index contributed by atoms with van der Waals surface area (Å²) >= 11 is 0. The number of rotatable bonds is 5. The molecule has 2 aromatic rings. The minimum absolute atomic E-state index is 0.0554. The lowest BCUT2D eigenvalue weighted by Gasteiger charge is -2.32. The molecule has 0 radical (unpaired) electrons. The van der Waals surface area contributed by atoms with Crippen molar-refractivity contribution < 1.29 is 4.79 Å². The van der Waals surface area contributed by atoms with Crippen molar-refractivity contribution >= 4 is 11.7 Å². The Labute approximate surface area is 156 Å². The summed E-state index contributed by atoms with van der Waals surface area (Å²) in [6.07, 6.45) is 3.29. The molecule has 26 heavy (non-hydrogen) atoms. The van der Waals surface area contributed by atoms with Crippen LogP contribution in [0.15, 0.2) is 54.6 Å². The molecule has 0 atom stereocenters.